The topological polar surface area (TPSA) is 80.9 Å². The number of nitrogens with one attached hydrogen (secondary N) is 1. The molecule has 2 rings (SSSR count). The van der Waals surface area contributed by atoms with E-state index in [1.165, 1.54) is 11.3 Å². The lowest BCUT2D eigenvalue weighted by molar-refractivity contribution is -0.120. The number of thiazole rings is 2. The fourth-order valence-corrected chi connectivity index (χ4v) is 3.04. The van der Waals surface area contributed by atoms with Crippen LogP contribution in [0.5, 0.6) is 0 Å². The number of aryl methyl sites for hydroxylation is 2. The zero-order valence-electron chi connectivity index (χ0n) is 10.2. The number of carbonyl (C=O) groups is 1. The lowest BCUT2D eigenvalue weighted by atomic mass is 10.3. The Hall–Kier alpha value is -1.47. The van der Waals surface area contributed by atoms with Gasteiger partial charge in [-0.1, -0.05) is 0 Å². The maximum absolute atomic E-state index is 11.8. The molecule has 0 saturated carbocycles. The van der Waals surface area contributed by atoms with E-state index in [4.69, 9.17) is 5.73 Å². The molecular weight excluding hydrogens is 268 g/mol. The zero-order valence-corrected chi connectivity index (χ0v) is 11.8. The Bertz CT molecular complexity index is 561. The Morgan fingerprint density at radius 1 is 1.44 bits per heavy atom. The van der Waals surface area contributed by atoms with E-state index in [2.05, 4.69) is 15.3 Å². The van der Waals surface area contributed by atoms with Gasteiger partial charge < -0.3 is 11.1 Å². The Balaban J connectivity index is 1.87. The minimum Gasteiger partial charge on any atom is -0.375 e. The third kappa shape index (κ3) is 3.27. The van der Waals surface area contributed by atoms with Crippen LogP contribution in [0.4, 0.5) is 5.13 Å². The highest BCUT2D eigenvalue weighted by atomic mass is 32.1. The van der Waals surface area contributed by atoms with E-state index in [0.717, 1.165) is 21.3 Å². The minimum absolute atomic E-state index is 0.0201. The van der Waals surface area contributed by atoms with Gasteiger partial charge in [-0.05, 0) is 13.8 Å². The molecule has 7 heteroatoms. The molecule has 1 amide bonds. The molecule has 0 saturated heterocycles. The molecule has 0 aliphatic heterocycles. The number of nitrogen functional groups attached to an aromatic ring is 1. The van der Waals surface area contributed by atoms with E-state index < -0.39 is 0 Å². The maximum Gasteiger partial charge on any atom is 0.225 e. The standard InChI is InChI=1S/C11H14N4OS2/c1-6-9(18-7(2)14-6)3-10(16)13-4-8-5-17-11(12)15-8/h5H,3-4H2,1-2H3,(H2,12,15)(H,13,16). The summed E-state index contributed by atoms with van der Waals surface area (Å²) in [5.41, 5.74) is 7.25. The lowest BCUT2D eigenvalue weighted by Crippen LogP contribution is -2.24. The predicted molar refractivity (Wildman–Crippen MR) is 73.7 cm³/mol. The Morgan fingerprint density at radius 2 is 2.22 bits per heavy atom. The minimum atomic E-state index is -0.0201. The van der Waals surface area contributed by atoms with Gasteiger partial charge in [0.1, 0.15) is 0 Å². The maximum atomic E-state index is 11.8. The van der Waals surface area contributed by atoms with Gasteiger partial charge in [0.15, 0.2) is 5.13 Å². The van der Waals surface area contributed by atoms with Gasteiger partial charge in [-0.25, -0.2) is 9.97 Å². The first kappa shape index (κ1) is 13.0. The van der Waals surface area contributed by atoms with E-state index >= 15 is 0 Å². The molecule has 0 fully saturated rings. The average Bonchev–Trinajstić information content (AvgIpc) is 2.83. The highest BCUT2D eigenvalue weighted by Crippen LogP contribution is 2.17. The Morgan fingerprint density at radius 3 is 2.78 bits per heavy atom. The van der Waals surface area contributed by atoms with Crippen molar-refractivity contribution in [3.63, 3.8) is 0 Å². The fourth-order valence-electron chi connectivity index (χ4n) is 1.54. The summed E-state index contributed by atoms with van der Waals surface area (Å²) in [6.07, 6.45) is 0.372. The first-order chi connectivity index (χ1) is 8.54. The molecule has 0 unspecified atom stereocenters. The van der Waals surface area contributed by atoms with Crippen molar-refractivity contribution in [1.29, 1.82) is 0 Å². The molecule has 0 aliphatic rings. The van der Waals surface area contributed by atoms with Crippen LogP contribution in [0.25, 0.3) is 0 Å². The van der Waals surface area contributed by atoms with E-state index in [1.807, 2.05) is 19.2 Å². The zero-order chi connectivity index (χ0) is 13.1. The smallest absolute Gasteiger partial charge is 0.225 e. The molecule has 3 N–H and O–H groups in total. The quantitative estimate of drug-likeness (QED) is 0.893. The predicted octanol–water partition coefficient (Wildman–Crippen LogP) is 1.66. The third-order valence-electron chi connectivity index (χ3n) is 2.36. The van der Waals surface area contributed by atoms with E-state index in [0.29, 0.717) is 18.1 Å². The van der Waals surface area contributed by atoms with Crippen molar-refractivity contribution in [2.75, 3.05) is 5.73 Å². The molecular formula is C11H14N4OS2. The van der Waals surface area contributed by atoms with Gasteiger partial charge in [0, 0.05) is 10.3 Å². The number of anilines is 1. The summed E-state index contributed by atoms with van der Waals surface area (Å²) >= 11 is 2.94. The summed E-state index contributed by atoms with van der Waals surface area (Å²) in [5.74, 6) is -0.0201. The number of carbonyl (C=O) groups excluding carboxylic acids is 1. The SMILES string of the molecule is Cc1nc(C)c(CC(=O)NCc2csc(N)n2)s1. The molecule has 0 aliphatic carbocycles. The van der Waals surface area contributed by atoms with Crippen molar-refractivity contribution in [2.24, 2.45) is 0 Å². The summed E-state index contributed by atoms with van der Waals surface area (Å²) in [4.78, 5) is 21.2. The van der Waals surface area contributed by atoms with Crippen molar-refractivity contribution in [3.05, 3.63) is 26.7 Å². The van der Waals surface area contributed by atoms with Crippen LogP contribution in [-0.2, 0) is 17.8 Å². The molecule has 0 spiro atoms. The van der Waals surface area contributed by atoms with Gasteiger partial charge in [0.2, 0.25) is 5.91 Å². The number of nitrogens with two attached hydrogens (primary N) is 1. The second-order valence-electron chi connectivity index (χ2n) is 3.87. The van der Waals surface area contributed by atoms with Crippen molar-refractivity contribution in [2.45, 2.75) is 26.8 Å². The van der Waals surface area contributed by atoms with Crippen molar-refractivity contribution >= 4 is 33.7 Å². The summed E-state index contributed by atoms with van der Waals surface area (Å²) < 4.78 is 0. The largest absolute Gasteiger partial charge is 0.375 e. The monoisotopic (exact) mass is 282 g/mol. The van der Waals surface area contributed by atoms with Crippen LogP contribution in [0, 0.1) is 13.8 Å². The second kappa shape index (κ2) is 5.45. The van der Waals surface area contributed by atoms with Gasteiger partial charge in [0.05, 0.1) is 29.4 Å². The first-order valence-corrected chi connectivity index (χ1v) is 7.13. The third-order valence-corrected chi connectivity index (χ3v) is 4.15. The molecule has 0 atom stereocenters. The van der Waals surface area contributed by atoms with Crippen LogP contribution in [0.1, 0.15) is 21.3 Å². The summed E-state index contributed by atoms with van der Waals surface area (Å²) in [5, 5.41) is 6.18. The summed E-state index contributed by atoms with van der Waals surface area (Å²) in [6.45, 7) is 4.29. The molecule has 0 radical (unpaired) electrons. The second-order valence-corrected chi connectivity index (χ2v) is 6.05. The molecule has 5 nitrogen and oxygen atoms in total. The average molecular weight is 282 g/mol. The van der Waals surface area contributed by atoms with Gasteiger partial charge >= 0.3 is 0 Å². The van der Waals surface area contributed by atoms with Crippen molar-refractivity contribution < 1.29 is 4.79 Å². The van der Waals surface area contributed by atoms with Crippen molar-refractivity contribution in [1.82, 2.24) is 15.3 Å². The number of rotatable bonds is 4. The highest BCUT2D eigenvalue weighted by molar-refractivity contribution is 7.13. The van der Waals surface area contributed by atoms with E-state index in [9.17, 15) is 4.79 Å². The van der Waals surface area contributed by atoms with Gasteiger partial charge in [-0.3, -0.25) is 4.79 Å². The molecule has 0 bridgehead atoms. The summed E-state index contributed by atoms with van der Waals surface area (Å²) in [7, 11) is 0. The Kier molecular flexibility index (Phi) is 3.93. The molecule has 18 heavy (non-hydrogen) atoms. The van der Waals surface area contributed by atoms with Crippen LogP contribution in [0.2, 0.25) is 0 Å². The van der Waals surface area contributed by atoms with Gasteiger partial charge in [-0.15, -0.1) is 22.7 Å². The van der Waals surface area contributed by atoms with Gasteiger partial charge in [-0.2, -0.15) is 0 Å². The molecule has 2 heterocycles. The normalized spacial score (nSPS) is 10.6. The molecule has 96 valence electrons. The number of hydrogen-bond acceptors (Lipinski definition) is 6. The van der Waals surface area contributed by atoms with Crippen LogP contribution in [0.3, 0.4) is 0 Å². The number of aromatic nitrogens is 2. The number of amides is 1. The van der Waals surface area contributed by atoms with Crippen molar-refractivity contribution in [3.8, 4) is 0 Å². The lowest BCUT2D eigenvalue weighted by Gasteiger charge is -2.02. The first-order valence-electron chi connectivity index (χ1n) is 5.44. The number of hydrogen-bond donors (Lipinski definition) is 2. The van der Waals surface area contributed by atoms with Crippen LogP contribution in [0.15, 0.2) is 5.38 Å². The summed E-state index contributed by atoms with van der Waals surface area (Å²) in [6, 6.07) is 0. The molecule has 2 aromatic rings. The van der Waals surface area contributed by atoms with E-state index in [-0.39, 0.29) is 5.91 Å². The van der Waals surface area contributed by atoms with Crippen LogP contribution in [-0.4, -0.2) is 15.9 Å². The van der Waals surface area contributed by atoms with E-state index in [1.54, 1.807) is 11.3 Å². The van der Waals surface area contributed by atoms with Crippen LogP contribution >= 0.6 is 22.7 Å². The fraction of sp³-hybridized carbons (Fsp3) is 0.364. The number of nitrogens with zero attached hydrogens (tertiary/aromatic N) is 2. The van der Waals surface area contributed by atoms with Gasteiger partial charge in [0.25, 0.3) is 0 Å². The molecule has 0 aromatic carbocycles. The molecule has 2 aromatic heterocycles. The highest BCUT2D eigenvalue weighted by Gasteiger charge is 2.10. The van der Waals surface area contributed by atoms with Crippen LogP contribution < -0.4 is 11.1 Å². The Labute approximate surface area is 113 Å².